The van der Waals surface area contributed by atoms with E-state index in [0.717, 1.165) is 11.4 Å². The smallest absolute Gasteiger partial charge is 0.227 e. The molecule has 0 aliphatic carbocycles. The highest BCUT2D eigenvalue weighted by molar-refractivity contribution is 5.98. The number of para-hydroxylation sites is 2. The van der Waals surface area contributed by atoms with Crippen molar-refractivity contribution in [2.24, 2.45) is 0 Å². The molecule has 0 fully saturated rings. The molecule has 2 amide bonds. The van der Waals surface area contributed by atoms with E-state index in [2.05, 4.69) is 0 Å². The molecule has 0 N–H and O–H groups in total. The van der Waals surface area contributed by atoms with Crippen LogP contribution >= 0.6 is 0 Å². The molecular formula is C18H20N2O2. The van der Waals surface area contributed by atoms with Crippen molar-refractivity contribution in [3.05, 3.63) is 60.7 Å². The Labute approximate surface area is 131 Å². The van der Waals surface area contributed by atoms with Crippen molar-refractivity contribution in [3.8, 4) is 0 Å². The van der Waals surface area contributed by atoms with Crippen LogP contribution in [0.3, 0.4) is 0 Å². The molecule has 0 saturated carbocycles. The predicted octanol–water partition coefficient (Wildman–Crippen LogP) is 3.09. The zero-order valence-electron chi connectivity index (χ0n) is 12.9. The minimum atomic E-state index is -0.0685. The van der Waals surface area contributed by atoms with Gasteiger partial charge in [-0.05, 0) is 24.3 Å². The number of carbonyl (C=O) groups is 2. The summed E-state index contributed by atoms with van der Waals surface area (Å²) in [4.78, 5) is 27.5. The number of hydrogen-bond acceptors (Lipinski definition) is 2. The number of hydrogen-bond donors (Lipinski definition) is 0. The molecule has 0 aromatic heterocycles. The van der Waals surface area contributed by atoms with Crippen molar-refractivity contribution >= 4 is 23.2 Å². The van der Waals surface area contributed by atoms with Crippen LogP contribution in [-0.4, -0.2) is 25.9 Å². The highest BCUT2D eigenvalue weighted by Crippen LogP contribution is 2.15. The van der Waals surface area contributed by atoms with E-state index in [1.807, 2.05) is 60.7 Å². The summed E-state index contributed by atoms with van der Waals surface area (Å²) in [5, 5.41) is 0. The largest absolute Gasteiger partial charge is 0.315 e. The summed E-state index contributed by atoms with van der Waals surface area (Å²) in [5.41, 5.74) is 1.66. The Balaban J connectivity index is 1.89. The van der Waals surface area contributed by atoms with Crippen molar-refractivity contribution in [3.63, 3.8) is 0 Å². The Bertz CT molecular complexity index is 569. The van der Waals surface area contributed by atoms with Crippen LogP contribution in [0.15, 0.2) is 60.7 Å². The molecule has 2 aromatic rings. The Morgan fingerprint density at radius 1 is 0.682 bits per heavy atom. The molecule has 2 aromatic carbocycles. The molecule has 0 aliphatic rings. The van der Waals surface area contributed by atoms with Gasteiger partial charge in [-0.25, -0.2) is 0 Å². The van der Waals surface area contributed by atoms with Crippen LogP contribution in [0, 0.1) is 0 Å². The van der Waals surface area contributed by atoms with Gasteiger partial charge in [-0.15, -0.1) is 0 Å². The monoisotopic (exact) mass is 296 g/mol. The first-order valence-corrected chi connectivity index (χ1v) is 7.23. The van der Waals surface area contributed by atoms with E-state index in [-0.39, 0.29) is 24.7 Å². The quantitative estimate of drug-likeness (QED) is 0.850. The van der Waals surface area contributed by atoms with Gasteiger partial charge in [-0.2, -0.15) is 0 Å². The summed E-state index contributed by atoms with van der Waals surface area (Å²) < 4.78 is 0. The molecule has 0 bridgehead atoms. The Morgan fingerprint density at radius 2 is 1.00 bits per heavy atom. The fraction of sp³-hybridized carbons (Fsp3) is 0.222. The van der Waals surface area contributed by atoms with Crippen molar-refractivity contribution in [1.82, 2.24) is 0 Å². The molecule has 0 aliphatic heterocycles. The molecule has 0 unspecified atom stereocenters. The van der Waals surface area contributed by atoms with Gasteiger partial charge in [-0.1, -0.05) is 36.4 Å². The third-order valence-corrected chi connectivity index (χ3v) is 3.59. The lowest BCUT2D eigenvalue weighted by Crippen LogP contribution is -2.30. The van der Waals surface area contributed by atoms with Gasteiger partial charge in [0, 0.05) is 38.3 Å². The zero-order chi connectivity index (χ0) is 15.9. The zero-order valence-corrected chi connectivity index (χ0v) is 12.9. The topological polar surface area (TPSA) is 40.6 Å². The molecule has 114 valence electrons. The first-order valence-electron chi connectivity index (χ1n) is 7.23. The number of carbonyl (C=O) groups excluding carboxylic acids is 2. The molecule has 0 atom stereocenters. The lowest BCUT2D eigenvalue weighted by molar-refractivity contribution is -0.123. The van der Waals surface area contributed by atoms with E-state index in [1.54, 1.807) is 23.9 Å². The van der Waals surface area contributed by atoms with Crippen LogP contribution in [0.5, 0.6) is 0 Å². The second-order valence-corrected chi connectivity index (χ2v) is 5.08. The lowest BCUT2D eigenvalue weighted by atomic mass is 10.2. The van der Waals surface area contributed by atoms with E-state index in [0.29, 0.717) is 0 Å². The second kappa shape index (κ2) is 7.41. The molecule has 0 saturated heterocycles. The molecule has 2 rings (SSSR count). The standard InChI is InChI=1S/C18H20N2O2/c1-19(15-9-5-3-6-10-15)17(21)13-14-18(22)20(2)16-11-7-4-8-12-16/h3-12H,13-14H2,1-2H3. The lowest BCUT2D eigenvalue weighted by Gasteiger charge is -2.19. The summed E-state index contributed by atoms with van der Waals surface area (Å²) in [6.45, 7) is 0. The van der Waals surface area contributed by atoms with Gasteiger partial charge < -0.3 is 9.80 Å². The summed E-state index contributed by atoms with van der Waals surface area (Å²) in [7, 11) is 3.45. The first kappa shape index (κ1) is 15.8. The van der Waals surface area contributed by atoms with Gasteiger partial charge in [0.2, 0.25) is 11.8 Å². The predicted molar refractivity (Wildman–Crippen MR) is 88.9 cm³/mol. The van der Waals surface area contributed by atoms with E-state index >= 15 is 0 Å². The van der Waals surface area contributed by atoms with Gasteiger partial charge >= 0.3 is 0 Å². The number of anilines is 2. The number of amides is 2. The van der Waals surface area contributed by atoms with Gasteiger partial charge in [0.15, 0.2) is 0 Å². The Morgan fingerprint density at radius 3 is 1.32 bits per heavy atom. The molecule has 22 heavy (non-hydrogen) atoms. The molecule has 0 heterocycles. The van der Waals surface area contributed by atoms with Gasteiger partial charge in [0.1, 0.15) is 0 Å². The van der Waals surface area contributed by atoms with Crippen LogP contribution in [0.4, 0.5) is 11.4 Å². The fourth-order valence-electron chi connectivity index (χ4n) is 2.14. The molecule has 4 nitrogen and oxygen atoms in total. The van der Waals surface area contributed by atoms with Crippen molar-refractivity contribution < 1.29 is 9.59 Å². The van der Waals surface area contributed by atoms with E-state index in [4.69, 9.17) is 0 Å². The van der Waals surface area contributed by atoms with Crippen LogP contribution < -0.4 is 9.80 Å². The summed E-state index contributed by atoms with van der Waals surface area (Å²) in [6, 6.07) is 18.8. The van der Waals surface area contributed by atoms with Gasteiger partial charge in [-0.3, -0.25) is 9.59 Å². The number of benzene rings is 2. The maximum Gasteiger partial charge on any atom is 0.227 e. The first-order chi connectivity index (χ1) is 10.6. The molecule has 0 spiro atoms. The number of rotatable bonds is 5. The normalized spacial score (nSPS) is 10.1. The SMILES string of the molecule is CN(C(=O)CCC(=O)N(C)c1ccccc1)c1ccccc1. The van der Waals surface area contributed by atoms with Crippen LogP contribution in [0.25, 0.3) is 0 Å². The maximum absolute atomic E-state index is 12.2. The average Bonchev–Trinajstić information content (AvgIpc) is 2.59. The maximum atomic E-state index is 12.2. The molecule has 0 radical (unpaired) electrons. The third-order valence-electron chi connectivity index (χ3n) is 3.59. The van der Waals surface area contributed by atoms with Crippen LogP contribution in [0.1, 0.15) is 12.8 Å². The average molecular weight is 296 g/mol. The van der Waals surface area contributed by atoms with Crippen LogP contribution in [-0.2, 0) is 9.59 Å². The van der Waals surface area contributed by atoms with E-state index < -0.39 is 0 Å². The summed E-state index contributed by atoms with van der Waals surface area (Å²) >= 11 is 0. The molecular weight excluding hydrogens is 276 g/mol. The minimum absolute atomic E-state index is 0.0685. The third kappa shape index (κ3) is 3.95. The summed E-state index contributed by atoms with van der Waals surface area (Å²) in [6.07, 6.45) is 0.392. The Hall–Kier alpha value is -2.62. The molecule has 4 heteroatoms. The highest BCUT2D eigenvalue weighted by atomic mass is 16.2. The van der Waals surface area contributed by atoms with Gasteiger partial charge in [0.05, 0.1) is 0 Å². The van der Waals surface area contributed by atoms with E-state index in [1.165, 1.54) is 0 Å². The fourth-order valence-corrected chi connectivity index (χ4v) is 2.14. The minimum Gasteiger partial charge on any atom is -0.315 e. The summed E-state index contributed by atoms with van der Waals surface area (Å²) in [5.74, 6) is -0.137. The van der Waals surface area contributed by atoms with Crippen molar-refractivity contribution in [2.75, 3.05) is 23.9 Å². The van der Waals surface area contributed by atoms with Crippen molar-refractivity contribution in [1.29, 1.82) is 0 Å². The van der Waals surface area contributed by atoms with Crippen molar-refractivity contribution in [2.45, 2.75) is 12.8 Å². The van der Waals surface area contributed by atoms with Gasteiger partial charge in [0.25, 0.3) is 0 Å². The highest BCUT2D eigenvalue weighted by Gasteiger charge is 2.15. The Kier molecular flexibility index (Phi) is 5.31. The number of nitrogens with zero attached hydrogens (tertiary/aromatic N) is 2. The van der Waals surface area contributed by atoms with Crippen LogP contribution in [0.2, 0.25) is 0 Å². The van der Waals surface area contributed by atoms with E-state index in [9.17, 15) is 9.59 Å². The second-order valence-electron chi connectivity index (χ2n) is 5.08.